The van der Waals surface area contributed by atoms with Crippen molar-refractivity contribution in [2.75, 3.05) is 14.2 Å². The minimum atomic E-state index is -0.308. The summed E-state index contributed by atoms with van der Waals surface area (Å²) in [6.07, 6.45) is 1.18. The molecule has 0 atom stereocenters. The number of aromatic nitrogens is 1. The van der Waals surface area contributed by atoms with Gasteiger partial charge in [0.05, 0.1) is 14.2 Å². The number of fused-ring (bicyclic) bond motifs is 1. The van der Waals surface area contributed by atoms with Gasteiger partial charge in [0.25, 0.3) is 0 Å². The number of carbonyl (C=O) groups excluding carboxylic acids is 2. The molecule has 0 aliphatic heterocycles. The molecule has 0 spiro atoms. The second-order valence-corrected chi connectivity index (χ2v) is 5.33. The number of hydrogen-bond acceptors (Lipinski definition) is 6. The molecule has 5 nitrogen and oxygen atoms in total. The van der Waals surface area contributed by atoms with Gasteiger partial charge in [0, 0.05) is 11.6 Å². The third-order valence-corrected chi connectivity index (χ3v) is 4.21. The van der Waals surface area contributed by atoms with E-state index in [-0.39, 0.29) is 23.0 Å². The van der Waals surface area contributed by atoms with E-state index in [9.17, 15) is 9.59 Å². The molecule has 2 aromatic rings. The Balaban J connectivity index is 2.03. The van der Waals surface area contributed by atoms with Gasteiger partial charge in [-0.1, -0.05) is 0 Å². The zero-order valence-corrected chi connectivity index (χ0v) is 12.2. The van der Waals surface area contributed by atoms with Crippen molar-refractivity contribution >= 4 is 22.9 Å². The fourth-order valence-electron chi connectivity index (χ4n) is 2.01. The van der Waals surface area contributed by atoms with Crippen LogP contribution in [-0.2, 0) is 4.74 Å². The minimum Gasteiger partial charge on any atom is -0.497 e. The van der Waals surface area contributed by atoms with Crippen LogP contribution in [0.3, 0.4) is 0 Å². The smallest absolute Gasteiger partial charge is 0.240 e. The number of ether oxygens (including phenoxy) is 2. The summed E-state index contributed by atoms with van der Waals surface area (Å²) in [4.78, 5) is 28.7. The summed E-state index contributed by atoms with van der Waals surface area (Å²) in [5.41, 5.74) is 1.02. The van der Waals surface area contributed by atoms with Crippen molar-refractivity contribution in [2.45, 2.75) is 0 Å². The predicted molar refractivity (Wildman–Crippen MR) is 77.9 cm³/mol. The van der Waals surface area contributed by atoms with Crippen LogP contribution in [0.2, 0.25) is 0 Å². The van der Waals surface area contributed by atoms with E-state index in [4.69, 9.17) is 9.47 Å². The Morgan fingerprint density at radius 3 is 2.38 bits per heavy atom. The van der Waals surface area contributed by atoms with E-state index in [1.54, 1.807) is 19.2 Å². The van der Waals surface area contributed by atoms with E-state index >= 15 is 0 Å². The van der Waals surface area contributed by atoms with Gasteiger partial charge in [0.2, 0.25) is 11.6 Å². The Morgan fingerprint density at radius 2 is 1.76 bits per heavy atom. The van der Waals surface area contributed by atoms with E-state index in [1.165, 1.54) is 24.5 Å². The quantitative estimate of drug-likeness (QED) is 0.872. The zero-order chi connectivity index (χ0) is 15.0. The van der Waals surface area contributed by atoms with Crippen molar-refractivity contribution in [3.8, 4) is 16.3 Å². The van der Waals surface area contributed by atoms with Crippen LogP contribution in [0.5, 0.6) is 5.75 Å². The number of rotatable bonds is 3. The number of allylic oxidation sites excluding steroid dienone is 2. The topological polar surface area (TPSA) is 65.5 Å². The molecule has 0 unspecified atom stereocenters. The predicted octanol–water partition coefficient (Wildman–Crippen LogP) is 2.73. The van der Waals surface area contributed by atoms with Crippen LogP contribution in [0.15, 0.2) is 36.1 Å². The minimum absolute atomic E-state index is 0.0532. The lowest BCUT2D eigenvalue weighted by molar-refractivity contribution is 0.0919. The van der Waals surface area contributed by atoms with Crippen LogP contribution in [-0.4, -0.2) is 30.8 Å². The molecule has 1 aliphatic rings. The monoisotopic (exact) mass is 301 g/mol. The number of benzene rings is 1. The molecule has 106 valence electrons. The number of nitrogens with zero attached hydrogens (tertiary/aromatic N) is 1. The Morgan fingerprint density at radius 1 is 1.05 bits per heavy atom. The van der Waals surface area contributed by atoms with Crippen molar-refractivity contribution in [1.82, 2.24) is 4.98 Å². The molecule has 0 amide bonds. The number of methoxy groups -OCH3 is 2. The molecule has 1 aliphatic carbocycles. The molecule has 0 radical (unpaired) electrons. The first kappa shape index (κ1) is 13.5. The number of hydrogen-bond donors (Lipinski definition) is 0. The number of Topliss-reactive ketones (excluding diaryl/α,β-unsaturated/α-hetero) is 1. The molecular formula is C15H11NO4S. The maximum Gasteiger partial charge on any atom is 0.240 e. The third-order valence-electron chi connectivity index (χ3n) is 3.11. The van der Waals surface area contributed by atoms with Crippen LogP contribution in [0, 0.1) is 0 Å². The number of thiazole rings is 1. The molecule has 1 aromatic heterocycles. The second-order valence-electron chi connectivity index (χ2n) is 4.33. The Kier molecular flexibility index (Phi) is 3.31. The summed E-state index contributed by atoms with van der Waals surface area (Å²) in [6, 6.07) is 7.28. The molecular weight excluding hydrogens is 290 g/mol. The van der Waals surface area contributed by atoms with Crippen LogP contribution >= 0.6 is 11.3 Å². The normalized spacial score (nSPS) is 13.7. The van der Waals surface area contributed by atoms with Crippen molar-refractivity contribution < 1.29 is 19.1 Å². The first-order valence-corrected chi connectivity index (χ1v) is 6.95. The van der Waals surface area contributed by atoms with Gasteiger partial charge < -0.3 is 9.47 Å². The molecule has 0 saturated heterocycles. The number of carbonyl (C=O) groups is 2. The van der Waals surface area contributed by atoms with Gasteiger partial charge in [-0.2, -0.15) is 0 Å². The lowest BCUT2D eigenvalue weighted by Crippen LogP contribution is -2.16. The van der Waals surface area contributed by atoms with Crippen molar-refractivity contribution in [2.24, 2.45) is 0 Å². The van der Waals surface area contributed by atoms with Crippen LogP contribution in [0.25, 0.3) is 10.6 Å². The van der Waals surface area contributed by atoms with E-state index in [1.807, 2.05) is 12.1 Å². The largest absolute Gasteiger partial charge is 0.497 e. The maximum absolute atomic E-state index is 12.1. The van der Waals surface area contributed by atoms with Gasteiger partial charge in [0.1, 0.15) is 21.3 Å². The lowest BCUT2D eigenvalue weighted by atomic mass is 10.1. The van der Waals surface area contributed by atoms with Crippen LogP contribution in [0.1, 0.15) is 20.2 Å². The van der Waals surface area contributed by atoms with Crippen molar-refractivity contribution in [3.05, 3.63) is 46.7 Å². The molecule has 1 heterocycles. The summed E-state index contributed by atoms with van der Waals surface area (Å²) in [5.74, 6) is 0.176. The van der Waals surface area contributed by atoms with E-state index in [2.05, 4.69) is 4.98 Å². The zero-order valence-electron chi connectivity index (χ0n) is 11.4. The van der Waals surface area contributed by atoms with E-state index < -0.39 is 0 Å². The Hall–Kier alpha value is -2.47. The van der Waals surface area contributed by atoms with Gasteiger partial charge in [-0.05, 0) is 24.3 Å². The first-order chi connectivity index (χ1) is 10.1. The highest BCUT2D eigenvalue weighted by Crippen LogP contribution is 2.33. The SMILES string of the molecule is COC1=CC(=O)c2nc(-c3ccc(OC)cc3)sc2C1=O. The van der Waals surface area contributed by atoms with Gasteiger partial charge >= 0.3 is 0 Å². The van der Waals surface area contributed by atoms with Crippen LogP contribution in [0.4, 0.5) is 0 Å². The summed E-state index contributed by atoms with van der Waals surface area (Å²) >= 11 is 1.19. The number of ketones is 2. The Labute approximate surface area is 124 Å². The highest BCUT2D eigenvalue weighted by Gasteiger charge is 2.30. The summed E-state index contributed by atoms with van der Waals surface area (Å²) < 4.78 is 10.0. The summed E-state index contributed by atoms with van der Waals surface area (Å²) in [6.45, 7) is 0. The third kappa shape index (κ3) is 2.23. The molecule has 21 heavy (non-hydrogen) atoms. The fourth-order valence-corrected chi connectivity index (χ4v) is 3.04. The van der Waals surface area contributed by atoms with E-state index in [0.717, 1.165) is 11.3 Å². The average Bonchev–Trinajstić information content (AvgIpc) is 2.97. The second kappa shape index (κ2) is 5.14. The van der Waals surface area contributed by atoms with Gasteiger partial charge in [-0.3, -0.25) is 9.59 Å². The first-order valence-electron chi connectivity index (χ1n) is 6.14. The molecule has 6 heteroatoms. The highest BCUT2D eigenvalue weighted by atomic mass is 32.1. The summed E-state index contributed by atoms with van der Waals surface area (Å²) in [7, 11) is 2.96. The van der Waals surface area contributed by atoms with Gasteiger partial charge in [-0.25, -0.2) is 4.98 Å². The molecule has 0 N–H and O–H groups in total. The Bertz CT molecular complexity index is 758. The standard InChI is InChI=1S/C15H11NO4S/c1-19-9-5-3-8(4-6-9)15-16-12-10(17)7-11(20-2)13(18)14(12)21-15/h3-7H,1-2H3. The van der Waals surface area contributed by atoms with Crippen LogP contribution < -0.4 is 4.74 Å². The molecule has 3 rings (SSSR count). The summed E-state index contributed by atoms with van der Waals surface area (Å²) in [5, 5.41) is 0.620. The van der Waals surface area contributed by atoms with Crippen molar-refractivity contribution in [3.63, 3.8) is 0 Å². The van der Waals surface area contributed by atoms with Crippen molar-refractivity contribution in [1.29, 1.82) is 0 Å². The molecule has 0 saturated carbocycles. The molecule has 0 bridgehead atoms. The maximum atomic E-state index is 12.1. The highest BCUT2D eigenvalue weighted by molar-refractivity contribution is 7.17. The van der Waals surface area contributed by atoms with E-state index in [0.29, 0.717) is 9.88 Å². The van der Waals surface area contributed by atoms with Gasteiger partial charge in [0.15, 0.2) is 5.76 Å². The molecule has 1 aromatic carbocycles. The average molecular weight is 301 g/mol. The van der Waals surface area contributed by atoms with Gasteiger partial charge in [-0.15, -0.1) is 11.3 Å². The lowest BCUT2D eigenvalue weighted by Gasteiger charge is -2.08. The fraction of sp³-hybridized carbons (Fsp3) is 0.133. The molecule has 0 fully saturated rings.